The van der Waals surface area contributed by atoms with Gasteiger partial charge in [-0.15, -0.1) is 0 Å². The van der Waals surface area contributed by atoms with E-state index in [-0.39, 0.29) is 6.04 Å². The van der Waals surface area contributed by atoms with Gasteiger partial charge in [0.15, 0.2) is 0 Å². The van der Waals surface area contributed by atoms with E-state index in [4.69, 9.17) is 5.11 Å². The largest absolute Gasteiger partial charge is 0.465 e. The van der Waals surface area contributed by atoms with Crippen molar-refractivity contribution in [2.45, 2.75) is 38.3 Å². The SMILES string of the molecule is Cc1cc(C)cc(C2(O)CC(N(C)C(=O)O)C2)c1. The van der Waals surface area contributed by atoms with E-state index < -0.39 is 11.7 Å². The summed E-state index contributed by atoms with van der Waals surface area (Å²) in [6.07, 6.45) is -0.000303. The molecule has 0 saturated heterocycles. The van der Waals surface area contributed by atoms with Crippen LogP contribution in [0.3, 0.4) is 0 Å². The monoisotopic (exact) mass is 249 g/mol. The van der Waals surface area contributed by atoms with Gasteiger partial charge in [-0.2, -0.15) is 0 Å². The number of benzene rings is 1. The number of hydrogen-bond donors (Lipinski definition) is 2. The molecular formula is C14H19NO3. The molecular weight excluding hydrogens is 230 g/mol. The molecule has 0 radical (unpaired) electrons. The van der Waals surface area contributed by atoms with Gasteiger partial charge in [0.1, 0.15) is 0 Å². The predicted octanol–water partition coefficient (Wildman–Crippen LogP) is 2.26. The molecule has 1 amide bonds. The van der Waals surface area contributed by atoms with E-state index >= 15 is 0 Å². The Labute approximate surface area is 107 Å². The maximum absolute atomic E-state index is 10.8. The van der Waals surface area contributed by atoms with E-state index in [0.29, 0.717) is 12.8 Å². The Hall–Kier alpha value is -1.55. The lowest BCUT2D eigenvalue weighted by Crippen LogP contribution is -2.53. The van der Waals surface area contributed by atoms with Crippen LogP contribution in [0.1, 0.15) is 29.5 Å². The lowest BCUT2D eigenvalue weighted by atomic mass is 9.70. The topological polar surface area (TPSA) is 60.8 Å². The van der Waals surface area contributed by atoms with E-state index in [2.05, 4.69) is 6.07 Å². The van der Waals surface area contributed by atoms with Crippen molar-refractivity contribution in [3.63, 3.8) is 0 Å². The molecule has 1 aliphatic carbocycles. The van der Waals surface area contributed by atoms with Crippen LogP contribution in [0.5, 0.6) is 0 Å². The van der Waals surface area contributed by atoms with Crippen LogP contribution in [0.2, 0.25) is 0 Å². The summed E-state index contributed by atoms with van der Waals surface area (Å²) in [5.74, 6) is 0. The Morgan fingerprint density at radius 3 is 2.22 bits per heavy atom. The maximum Gasteiger partial charge on any atom is 0.407 e. The van der Waals surface area contributed by atoms with Crippen LogP contribution in [0, 0.1) is 13.8 Å². The zero-order chi connectivity index (χ0) is 13.5. The summed E-state index contributed by atoms with van der Waals surface area (Å²) in [6, 6.07) is 5.92. The second-order valence-corrected chi connectivity index (χ2v) is 5.36. The highest BCUT2D eigenvalue weighted by Crippen LogP contribution is 2.44. The van der Waals surface area contributed by atoms with Gasteiger partial charge < -0.3 is 15.1 Å². The Balaban J connectivity index is 2.14. The van der Waals surface area contributed by atoms with Crippen molar-refractivity contribution in [2.75, 3.05) is 7.05 Å². The van der Waals surface area contributed by atoms with Crippen LogP contribution in [0.4, 0.5) is 4.79 Å². The van der Waals surface area contributed by atoms with Crippen molar-refractivity contribution in [1.82, 2.24) is 4.90 Å². The lowest BCUT2D eigenvalue weighted by molar-refractivity contribution is -0.0864. The fourth-order valence-electron chi connectivity index (χ4n) is 2.63. The van der Waals surface area contributed by atoms with Gasteiger partial charge in [0.2, 0.25) is 0 Å². The van der Waals surface area contributed by atoms with Gasteiger partial charge in [-0.25, -0.2) is 4.79 Å². The molecule has 18 heavy (non-hydrogen) atoms. The van der Waals surface area contributed by atoms with Gasteiger partial charge in [-0.1, -0.05) is 29.3 Å². The molecule has 98 valence electrons. The third-order valence-corrected chi connectivity index (χ3v) is 3.76. The van der Waals surface area contributed by atoms with Crippen LogP contribution in [-0.2, 0) is 5.60 Å². The molecule has 2 rings (SSSR count). The molecule has 1 saturated carbocycles. The molecule has 0 spiro atoms. The van der Waals surface area contributed by atoms with Crippen molar-refractivity contribution >= 4 is 6.09 Å². The zero-order valence-corrected chi connectivity index (χ0v) is 11.0. The highest BCUT2D eigenvalue weighted by molar-refractivity contribution is 5.65. The molecule has 4 nitrogen and oxygen atoms in total. The van der Waals surface area contributed by atoms with Gasteiger partial charge in [0, 0.05) is 25.9 Å². The number of hydrogen-bond acceptors (Lipinski definition) is 2. The molecule has 1 aromatic carbocycles. The molecule has 1 aromatic rings. The van der Waals surface area contributed by atoms with Gasteiger partial charge in [0.25, 0.3) is 0 Å². The fraction of sp³-hybridized carbons (Fsp3) is 0.500. The van der Waals surface area contributed by atoms with Crippen molar-refractivity contribution in [3.05, 3.63) is 34.9 Å². The van der Waals surface area contributed by atoms with Crippen molar-refractivity contribution in [1.29, 1.82) is 0 Å². The molecule has 1 aliphatic rings. The van der Waals surface area contributed by atoms with Gasteiger partial charge in [-0.05, 0) is 19.4 Å². The normalized spacial score (nSPS) is 26.6. The summed E-state index contributed by atoms with van der Waals surface area (Å²) in [6.45, 7) is 4.00. The fourth-order valence-corrected chi connectivity index (χ4v) is 2.63. The summed E-state index contributed by atoms with van der Waals surface area (Å²) in [4.78, 5) is 12.1. The third kappa shape index (κ3) is 2.20. The molecule has 0 aliphatic heterocycles. The average molecular weight is 249 g/mol. The summed E-state index contributed by atoms with van der Waals surface area (Å²) in [5.41, 5.74) is 2.27. The molecule has 0 unspecified atom stereocenters. The van der Waals surface area contributed by atoms with Crippen LogP contribution < -0.4 is 0 Å². The minimum absolute atomic E-state index is 0.0895. The summed E-state index contributed by atoms with van der Waals surface area (Å²) in [5, 5.41) is 19.4. The number of carbonyl (C=O) groups is 1. The van der Waals surface area contributed by atoms with Crippen molar-refractivity contribution in [3.8, 4) is 0 Å². The first-order valence-corrected chi connectivity index (χ1v) is 6.09. The molecule has 0 heterocycles. The van der Waals surface area contributed by atoms with Gasteiger partial charge >= 0.3 is 6.09 Å². The average Bonchev–Trinajstić information content (AvgIpc) is 2.22. The molecule has 4 heteroatoms. The quantitative estimate of drug-likeness (QED) is 0.845. The molecule has 0 aromatic heterocycles. The van der Waals surface area contributed by atoms with Crippen molar-refractivity contribution in [2.24, 2.45) is 0 Å². The number of nitrogens with zero attached hydrogens (tertiary/aromatic N) is 1. The number of aliphatic hydroxyl groups is 1. The Kier molecular flexibility index (Phi) is 3.07. The summed E-state index contributed by atoms with van der Waals surface area (Å²) < 4.78 is 0. The number of aryl methyl sites for hydroxylation is 2. The maximum atomic E-state index is 10.8. The van der Waals surface area contributed by atoms with Crippen LogP contribution in [0.25, 0.3) is 0 Å². The van der Waals surface area contributed by atoms with Crippen molar-refractivity contribution < 1.29 is 15.0 Å². The molecule has 0 atom stereocenters. The predicted molar refractivity (Wildman–Crippen MR) is 68.6 cm³/mol. The van der Waals surface area contributed by atoms with Gasteiger partial charge in [0.05, 0.1) is 5.60 Å². The summed E-state index contributed by atoms with van der Waals surface area (Å²) in [7, 11) is 1.55. The summed E-state index contributed by atoms with van der Waals surface area (Å²) >= 11 is 0. The van der Waals surface area contributed by atoms with Gasteiger partial charge in [-0.3, -0.25) is 0 Å². The lowest BCUT2D eigenvalue weighted by Gasteiger charge is -2.47. The Morgan fingerprint density at radius 2 is 1.78 bits per heavy atom. The van der Waals surface area contributed by atoms with Crippen LogP contribution in [0.15, 0.2) is 18.2 Å². The van der Waals surface area contributed by atoms with Crippen LogP contribution >= 0.6 is 0 Å². The Bertz CT molecular complexity index is 458. The molecule has 2 N–H and O–H groups in total. The van der Waals surface area contributed by atoms with E-state index in [0.717, 1.165) is 16.7 Å². The zero-order valence-electron chi connectivity index (χ0n) is 11.0. The van der Waals surface area contributed by atoms with E-state index in [9.17, 15) is 9.90 Å². The van der Waals surface area contributed by atoms with Crippen LogP contribution in [-0.4, -0.2) is 34.3 Å². The highest BCUT2D eigenvalue weighted by atomic mass is 16.4. The number of amides is 1. The van der Waals surface area contributed by atoms with E-state index in [1.807, 2.05) is 26.0 Å². The number of rotatable bonds is 2. The first-order valence-electron chi connectivity index (χ1n) is 6.09. The standard InChI is InChI=1S/C14H19NO3/c1-9-4-10(2)6-11(5-9)14(18)7-12(8-14)15(3)13(16)17/h4-6,12,18H,7-8H2,1-3H3,(H,16,17). The smallest absolute Gasteiger partial charge is 0.407 e. The minimum atomic E-state index is -0.942. The first kappa shape index (κ1) is 12.9. The third-order valence-electron chi connectivity index (χ3n) is 3.76. The second kappa shape index (κ2) is 4.28. The number of carboxylic acid groups (broad SMARTS) is 1. The highest BCUT2D eigenvalue weighted by Gasteiger charge is 2.46. The molecule has 1 fully saturated rings. The first-order chi connectivity index (χ1) is 8.32. The Morgan fingerprint density at radius 1 is 1.28 bits per heavy atom. The van der Waals surface area contributed by atoms with E-state index in [1.165, 1.54) is 4.90 Å². The second-order valence-electron chi connectivity index (χ2n) is 5.36. The molecule has 0 bridgehead atoms. The minimum Gasteiger partial charge on any atom is -0.465 e. The van der Waals surface area contributed by atoms with E-state index in [1.54, 1.807) is 7.05 Å².